The summed E-state index contributed by atoms with van der Waals surface area (Å²) in [5.41, 5.74) is 0.322. The molecule has 1 atom stereocenters. The summed E-state index contributed by atoms with van der Waals surface area (Å²) in [7, 11) is 0. The van der Waals surface area contributed by atoms with Crippen LogP contribution in [0.15, 0.2) is 24.3 Å². The summed E-state index contributed by atoms with van der Waals surface area (Å²) in [5.74, 6) is -0.110. The van der Waals surface area contributed by atoms with Crippen LogP contribution < -0.4 is 15.4 Å². The Balaban J connectivity index is 1.78. The van der Waals surface area contributed by atoms with Crippen molar-refractivity contribution in [1.82, 2.24) is 5.32 Å². The molecule has 0 spiro atoms. The van der Waals surface area contributed by atoms with E-state index < -0.39 is 18.5 Å². The largest absolute Gasteiger partial charge is 0.573 e. The molecule has 0 aromatic heterocycles. The number of carbonyl (C=O) groups is 1. The quantitative estimate of drug-likeness (QED) is 0.782. The van der Waals surface area contributed by atoms with Gasteiger partial charge in [0, 0.05) is 12.2 Å². The van der Waals surface area contributed by atoms with Gasteiger partial charge in [-0.25, -0.2) is 4.79 Å². The number of benzene rings is 1. The smallest absolute Gasteiger partial charge is 0.406 e. The molecule has 1 saturated carbocycles. The standard InChI is InChI=1S/C13H15F3N2O3/c14-13(15,16)21-10-5-3-9(4-6-10)18-12(20)17-7-11(19)8-1-2-8/h3-6,8,11,19H,1-2,7H2,(H2,17,18,20). The molecule has 0 radical (unpaired) electrons. The highest BCUT2D eigenvalue weighted by molar-refractivity contribution is 5.89. The van der Waals surface area contributed by atoms with Crippen molar-refractivity contribution in [1.29, 1.82) is 0 Å². The van der Waals surface area contributed by atoms with E-state index in [0.29, 0.717) is 5.69 Å². The molecule has 5 nitrogen and oxygen atoms in total. The Morgan fingerprint density at radius 3 is 2.48 bits per heavy atom. The molecule has 1 aliphatic carbocycles. The molecule has 0 aliphatic heterocycles. The van der Waals surface area contributed by atoms with Gasteiger partial charge in [-0.05, 0) is 43.0 Å². The molecule has 8 heteroatoms. The summed E-state index contributed by atoms with van der Waals surface area (Å²) in [6.45, 7) is 0.145. The number of carbonyl (C=O) groups excluding carboxylic acids is 1. The van der Waals surface area contributed by atoms with Crippen LogP contribution in [-0.2, 0) is 0 Å². The highest BCUT2D eigenvalue weighted by atomic mass is 19.4. The predicted octanol–water partition coefficient (Wildman–Crippen LogP) is 2.48. The SMILES string of the molecule is O=C(NCC(O)C1CC1)Nc1ccc(OC(F)(F)F)cc1. The Morgan fingerprint density at radius 1 is 1.33 bits per heavy atom. The number of ether oxygens (including phenoxy) is 1. The molecule has 0 bridgehead atoms. The Hall–Kier alpha value is -1.96. The third kappa shape index (κ3) is 5.50. The zero-order chi connectivity index (χ0) is 15.5. The van der Waals surface area contributed by atoms with Crippen LogP contribution in [0.3, 0.4) is 0 Å². The minimum Gasteiger partial charge on any atom is -0.406 e. The number of aliphatic hydroxyl groups excluding tert-OH is 1. The summed E-state index contributed by atoms with van der Waals surface area (Å²) in [6, 6.07) is 4.25. The van der Waals surface area contributed by atoms with Gasteiger partial charge in [-0.1, -0.05) is 0 Å². The fourth-order valence-corrected chi connectivity index (χ4v) is 1.76. The maximum Gasteiger partial charge on any atom is 0.573 e. The number of hydrogen-bond acceptors (Lipinski definition) is 3. The minimum absolute atomic E-state index is 0.145. The molecule has 3 N–H and O–H groups in total. The third-order valence-electron chi connectivity index (χ3n) is 2.98. The maximum absolute atomic E-state index is 12.0. The van der Waals surface area contributed by atoms with Gasteiger partial charge >= 0.3 is 12.4 Å². The lowest BCUT2D eigenvalue weighted by molar-refractivity contribution is -0.274. The number of aliphatic hydroxyl groups is 1. The van der Waals surface area contributed by atoms with Crippen molar-refractivity contribution in [3.8, 4) is 5.75 Å². The molecular formula is C13H15F3N2O3. The molecule has 2 amide bonds. The lowest BCUT2D eigenvalue weighted by Crippen LogP contribution is -2.36. The Morgan fingerprint density at radius 2 is 1.95 bits per heavy atom. The van der Waals surface area contributed by atoms with Gasteiger partial charge in [-0.3, -0.25) is 0 Å². The molecule has 1 aliphatic rings. The molecule has 116 valence electrons. The molecule has 1 fully saturated rings. The van der Waals surface area contributed by atoms with Crippen molar-refractivity contribution >= 4 is 11.7 Å². The second-order valence-electron chi connectivity index (χ2n) is 4.81. The monoisotopic (exact) mass is 304 g/mol. The molecule has 0 heterocycles. The van der Waals surface area contributed by atoms with E-state index in [0.717, 1.165) is 25.0 Å². The Bertz CT molecular complexity index is 486. The highest BCUT2D eigenvalue weighted by Gasteiger charge is 2.31. The van der Waals surface area contributed by atoms with E-state index in [1.807, 2.05) is 0 Å². The second-order valence-corrected chi connectivity index (χ2v) is 4.81. The predicted molar refractivity (Wildman–Crippen MR) is 68.9 cm³/mol. The zero-order valence-electron chi connectivity index (χ0n) is 11.0. The molecule has 1 aromatic carbocycles. The van der Waals surface area contributed by atoms with Gasteiger partial charge in [0.15, 0.2) is 0 Å². The van der Waals surface area contributed by atoms with Crippen molar-refractivity contribution < 1.29 is 27.8 Å². The lowest BCUT2D eigenvalue weighted by Gasteiger charge is -2.12. The zero-order valence-corrected chi connectivity index (χ0v) is 11.0. The fourth-order valence-electron chi connectivity index (χ4n) is 1.76. The molecule has 1 aromatic rings. The minimum atomic E-state index is -4.74. The Labute approximate surface area is 119 Å². The Kier molecular flexibility index (Phi) is 4.56. The molecule has 21 heavy (non-hydrogen) atoms. The normalized spacial score (nSPS) is 16.2. The van der Waals surface area contributed by atoms with Crippen molar-refractivity contribution in [2.24, 2.45) is 5.92 Å². The van der Waals surface area contributed by atoms with Gasteiger partial charge in [0.05, 0.1) is 6.10 Å². The molecule has 1 unspecified atom stereocenters. The number of amides is 2. The summed E-state index contributed by atoms with van der Waals surface area (Å²) < 4.78 is 39.6. The molecule has 2 rings (SSSR count). The van der Waals surface area contributed by atoms with E-state index in [2.05, 4.69) is 15.4 Å². The van der Waals surface area contributed by atoms with E-state index >= 15 is 0 Å². The second kappa shape index (κ2) is 6.21. The van der Waals surface area contributed by atoms with Crippen LogP contribution in [-0.4, -0.2) is 30.1 Å². The molecule has 0 saturated heterocycles. The first-order chi connectivity index (χ1) is 9.83. The topological polar surface area (TPSA) is 70.6 Å². The van der Waals surface area contributed by atoms with Crippen LogP contribution in [0, 0.1) is 5.92 Å². The summed E-state index contributed by atoms with van der Waals surface area (Å²) in [5, 5.41) is 14.5. The lowest BCUT2D eigenvalue weighted by atomic mass is 10.2. The van der Waals surface area contributed by atoms with Gasteiger partial charge in [0.25, 0.3) is 0 Å². The number of hydrogen-bond donors (Lipinski definition) is 3. The summed E-state index contributed by atoms with van der Waals surface area (Å²) >= 11 is 0. The van der Waals surface area contributed by atoms with E-state index in [1.54, 1.807) is 0 Å². The van der Waals surface area contributed by atoms with E-state index in [9.17, 15) is 23.1 Å². The van der Waals surface area contributed by atoms with Crippen LogP contribution in [0.1, 0.15) is 12.8 Å². The fraction of sp³-hybridized carbons (Fsp3) is 0.462. The van der Waals surface area contributed by atoms with E-state index in [-0.39, 0.29) is 18.2 Å². The van der Waals surface area contributed by atoms with Gasteiger partial charge < -0.3 is 20.5 Å². The van der Waals surface area contributed by atoms with Crippen LogP contribution in [0.2, 0.25) is 0 Å². The van der Waals surface area contributed by atoms with Crippen LogP contribution in [0.25, 0.3) is 0 Å². The van der Waals surface area contributed by atoms with Gasteiger partial charge in [-0.2, -0.15) is 0 Å². The average molecular weight is 304 g/mol. The van der Waals surface area contributed by atoms with E-state index in [4.69, 9.17) is 0 Å². The third-order valence-corrected chi connectivity index (χ3v) is 2.98. The van der Waals surface area contributed by atoms with Gasteiger partial charge in [0.1, 0.15) is 5.75 Å². The summed E-state index contributed by atoms with van der Waals surface area (Å²) in [6.07, 6.45) is -3.38. The first-order valence-electron chi connectivity index (χ1n) is 6.42. The van der Waals surface area contributed by atoms with Crippen LogP contribution >= 0.6 is 0 Å². The number of nitrogens with one attached hydrogen (secondary N) is 2. The number of urea groups is 1. The van der Waals surface area contributed by atoms with Crippen molar-refractivity contribution in [2.75, 3.05) is 11.9 Å². The average Bonchev–Trinajstić information content (AvgIpc) is 3.21. The van der Waals surface area contributed by atoms with Crippen molar-refractivity contribution in [3.63, 3.8) is 0 Å². The van der Waals surface area contributed by atoms with Crippen LogP contribution in [0.4, 0.5) is 23.7 Å². The summed E-state index contributed by atoms with van der Waals surface area (Å²) in [4.78, 5) is 11.5. The number of alkyl halides is 3. The van der Waals surface area contributed by atoms with E-state index in [1.165, 1.54) is 12.1 Å². The van der Waals surface area contributed by atoms with Crippen molar-refractivity contribution in [2.45, 2.75) is 25.3 Å². The van der Waals surface area contributed by atoms with Crippen molar-refractivity contribution in [3.05, 3.63) is 24.3 Å². The number of anilines is 1. The number of halogens is 3. The number of rotatable bonds is 5. The van der Waals surface area contributed by atoms with Crippen LogP contribution in [0.5, 0.6) is 5.75 Å². The molecular weight excluding hydrogens is 289 g/mol. The maximum atomic E-state index is 12.0. The van der Waals surface area contributed by atoms with Gasteiger partial charge in [0.2, 0.25) is 0 Å². The van der Waals surface area contributed by atoms with Gasteiger partial charge in [-0.15, -0.1) is 13.2 Å². The first kappa shape index (κ1) is 15.4. The first-order valence-corrected chi connectivity index (χ1v) is 6.42. The highest BCUT2D eigenvalue weighted by Crippen LogP contribution is 2.32.